The number of hydrogen-bond donors (Lipinski definition) is 3. The van der Waals surface area contributed by atoms with Crippen LogP contribution in [0.4, 0.5) is 0 Å². The number of nitriles is 1. The fourth-order valence-electron chi connectivity index (χ4n) is 5.17. The molecule has 2 aliphatic rings. The molecule has 12 nitrogen and oxygen atoms in total. The molecule has 1 aliphatic heterocycles. The second-order valence-electron chi connectivity index (χ2n) is 12.3. The molecule has 1 aromatic heterocycles. The highest BCUT2D eigenvalue weighted by Crippen LogP contribution is 2.47. The Hall–Kier alpha value is -4.08. The molecule has 0 bridgehead atoms. The third-order valence-corrected chi connectivity index (χ3v) is 8.04. The molecule has 1 saturated carbocycles. The number of ketones is 1. The topological polar surface area (TPSA) is 167 Å². The molecule has 1 aromatic carbocycles. The highest BCUT2D eigenvalue weighted by atomic mass is 16.5. The Morgan fingerprint density at radius 3 is 2.30 bits per heavy atom. The van der Waals surface area contributed by atoms with Crippen molar-refractivity contribution in [3.05, 3.63) is 53.4 Å². The minimum atomic E-state index is -1.25. The SMILES string of the molecule is CC(C)C[C@H](NC(=O)[C@H](Cc1ccccc1)NC(=O)[C@H](CC#N)NC(=O)c1cc(CN2CCOCC2)on1)C(=O)C1(C)CC1. The molecule has 1 aliphatic carbocycles. The van der Waals surface area contributed by atoms with Crippen molar-refractivity contribution in [3.8, 4) is 6.07 Å². The fraction of sp³-hybridized carbons (Fsp3) is 0.562. The van der Waals surface area contributed by atoms with Crippen LogP contribution in [0.1, 0.15) is 68.3 Å². The van der Waals surface area contributed by atoms with E-state index in [0.29, 0.717) is 31.9 Å². The van der Waals surface area contributed by atoms with Crippen molar-refractivity contribution in [1.29, 1.82) is 5.26 Å². The lowest BCUT2D eigenvalue weighted by atomic mass is 9.91. The van der Waals surface area contributed by atoms with Crippen LogP contribution in [-0.2, 0) is 32.1 Å². The summed E-state index contributed by atoms with van der Waals surface area (Å²) in [5.74, 6) is -1.23. The molecule has 0 radical (unpaired) electrons. The van der Waals surface area contributed by atoms with Gasteiger partial charge in [0.05, 0.1) is 38.3 Å². The Bertz CT molecular complexity index is 1340. The van der Waals surface area contributed by atoms with E-state index < -0.39 is 41.3 Å². The molecule has 12 heteroatoms. The lowest BCUT2D eigenvalue weighted by Crippen LogP contribution is -2.57. The zero-order valence-electron chi connectivity index (χ0n) is 25.6. The second-order valence-corrected chi connectivity index (χ2v) is 12.3. The normalized spacial score (nSPS) is 18.0. The molecule has 0 unspecified atom stereocenters. The highest BCUT2D eigenvalue weighted by molar-refractivity contribution is 5.99. The zero-order chi connectivity index (χ0) is 31.7. The number of morpholine rings is 1. The molecule has 2 heterocycles. The second kappa shape index (κ2) is 15.1. The van der Waals surface area contributed by atoms with Crippen molar-refractivity contribution in [2.45, 2.75) is 77.5 Å². The van der Waals surface area contributed by atoms with Crippen LogP contribution < -0.4 is 16.0 Å². The van der Waals surface area contributed by atoms with E-state index in [1.165, 1.54) is 6.07 Å². The maximum atomic E-state index is 13.7. The number of nitrogens with zero attached hydrogens (tertiary/aromatic N) is 3. The van der Waals surface area contributed by atoms with Gasteiger partial charge in [-0.3, -0.25) is 24.1 Å². The van der Waals surface area contributed by atoms with Gasteiger partial charge in [0.15, 0.2) is 17.2 Å². The molecule has 3 atom stereocenters. The van der Waals surface area contributed by atoms with Crippen molar-refractivity contribution in [1.82, 2.24) is 26.0 Å². The van der Waals surface area contributed by atoms with Crippen LogP contribution in [0.5, 0.6) is 0 Å². The van der Waals surface area contributed by atoms with Crippen LogP contribution >= 0.6 is 0 Å². The van der Waals surface area contributed by atoms with Crippen molar-refractivity contribution in [3.63, 3.8) is 0 Å². The van der Waals surface area contributed by atoms with E-state index in [0.717, 1.165) is 31.5 Å². The Labute approximate surface area is 257 Å². The Kier molecular flexibility index (Phi) is 11.3. The lowest BCUT2D eigenvalue weighted by molar-refractivity contribution is -0.133. The van der Waals surface area contributed by atoms with E-state index in [2.05, 4.69) is 26.0 Å². The molecule has 4 rings (SSSR count). The lowest BCUT2D eigenvalue weighted by Gasteiger charge is -2.27. The zero-order valence-corrected chi connectivity index (χ0v) is 25.6. The number of nitrogens with one attached hydrogen (secondary N) is 3. The van der Waals surface area contributed by atoms with Crippen LogP contribution in [0.3, 0.4) is 0 Å². The number of benzene rings is 1. The highest BCUT2D eigenvalue weighted by Gasteiger charge is 2.48. The number of rotatable bonds is 15. The summed E-state index contributed by atoms with van der Waals surface area (Å²) >= 11 is 0. The third kappa shape index (κ3) is 9.21. The summed E-state index contributed by atoms with van der Waals surface area (Å²) in [6.07, 6.45) is 1.87. The summed E-state index contributed by atoms with van der Waals surface area (Å²) in [5, 5.41) is 21.5. The Morgan fingerprint density at radius 1 is 1.00 bits per heavy atom. The van der Waals surface area contributed by atoms with E-state index >= 15 is 0 Å². The maximum absolute atomic E-state index is 13.7. The average Bonchev–Trinajstić information content (AvgIpc) is 3.59. The predicted octanol–water partition coefficient (Wildman–Crippen LogP) is 2.15. The molecule has 0 spiro atoms. The van der Waals surface area contributed by atoms with Gasteiger partial charge in [0.25, 0.3) is 5.91 Å². The number of carbonyl (C=O) groups is 4. The summed E-state index contributed by atoms with van der Waals surface area (Å²) in [7, 11) is 0. The van der Waals surface area contributed by atoms with Crippen LogP contribution in [0, 0.1) is 22.7 Å². The van der Waals surface area contributed by atoms with Gasteiger partial charge in [-0.2, -0.15) is 5.26 Å². The van der Waals surface area contributed by atoms with E-state index in [-0.39, 0.29) is 30.2 Å². The summed E-state index contributed by atoms with van der Waals surface area (Å²) in [4.78, 5) is 55.5. The molecular weight excluding hydrogens is 564 g/mol. The van der Waals surface area contributed by atoms with Crippen LogP contribution in [0.15, 0.2) is 40.9 Å². The summed E-state index contributed by atoms with van der Waals surface area (Å²) in [6, 6.07) is 9.62. The van der Waals surface area contributed by atoms with E-state index in [1.807, 2.05) is 57.2 Å². The van der Waals surface area contributed by atoms with E-state index in [1.54, 1.807) is 0 Å². The van der Waals surface area contributed by atoms with Gasteiger partial charge in [-0.25, -0.2) is 0 Å². The third-order valence-electron chi connectivity index (χ3n) is 8.04. The standard InChI is InChI=1S/C32H42N6O6/c1-21(2)17-25(28(39)32(3)10-11-32)35-30(41)26(18-22-7-5-4-6-8-22)36-29(40)24(9-12-33)34-31(42)27-19-23(44-37-27)20-38-13-15-43-16-14-38/h4-8,19,21,24-26H,9-11,13-18,20H2,1-3H3,(H,34,42)(H,35,41)(H,36,40)/t24-,25-,26-/m0/s1. The molecule has 1 saturated heterocycles. The van der Waals surface area contributed by atoms with Gasteiger partial charge < -0.3 is 25.2 Å². The molecule has 2 fully saturated rings. The average molecular weight is 607 g/mol. The molecule has 3 N–H and O–H groups in total. The minimum Gasteiger partial charge on any atom is -0.379 e. The smallest absolute Gasteiger partial charge is 0.274 e. The predicted molar refractivity (Wildman–Crippen MR) is 160 cm³/mol. The van der Waals surface area contributed by atoms with Crippen LogP contribution in [0.25, 0.3) is 0 Å². The number of amides is 3. The van der Waals surface area contributed by atoms with Gasteiger partial charge >= 0.3 is 0 Å². The van der Waals surface area contributed by atoms with Crippen molar-refractivity contribution < 1.29 is 28.4 Å². The first-order valence-electron chi connectivity index (χ1n) is 15.2. The summed E-state index contributed by atoms with van der Waals surface area (Å²) < 4.78 is 10.7. The van der Waals surface area contributed by atoms with E-state index in [9.17, 15) is 24.4 Å². The number of Topliss-reactive ketones (excluding diaryl/α,β-unsaturated/α-hetero) is 1. The fourth-order valence-corrected chi connectivity index (χ4v) is 5.17. The first-order valence-corrected chi connectivity index (χ1v) is 15.2. The van der Waals surface area contributed by atoms with Crippen molar-refractivity contribution in [2.75, 3.05) is 26.3 Å². The number of carbonyl (C=O) groups excluding carboxylic acids is 4. The summed E-state index contributed by atoms with van der Waals surface area (Å²) in [5.41, 5.74) is 0.340. The Morgan fingerprint density at radius 2 is 1.66 bits per heavy atom. The van der Waals surface area contributed by atoms with Gasteiger partial charge in [-0.05, 0) is 30.7 Å². The minimum absolute atomic E-state index is 0.000408. The molecular formula is C32H42N6O6. The van der Waals surface area contributed by atoms with Crippen molar-refractivity contribution in [2.24, 2.45) is 11.3 Å². The van der Waals surface area contributed by atoms with E-state index in [4.69, 9.17) is 9.26 Å². The maximum Gasteiger partial charge on any atom is 0.274 e. The van der Waals surface area contributed by atoms with Gasteiger partial charge in [-0.15, -0.1) is 0 Å². The van der Waals surface area contributed by atoms with Crippen LogP contribution in [-0.4, -0.2) is 78.0 Å². The molecule has 44 heavy (non-hydrogen) atoms. The van der Waals surface area contributed by atoms with Gasteiger partial charge in [0.1, 0.15) is 12.1 Å². The summed E-state index contributed by atoms with van der Waals surface area (Å²) in [6.45, 7) is 9.04. The van der Waals surface area contributed by atoms with Gasteiger partial charge in [0.2, 0.25) is 11.8 Å². The quantitative estimate of drug-likeness (QED) is 0.275. The molecule has 236 valence electrons. The first kappa shape index (κ1) is 32.8. The van der Waals surface area contributed by atoms with Crippen molar-refractivity contribution >= 4 is 23.5 Å². The van der Waals surface area contributed by atoms with Gasteiger partial charge in [-0.1, -0.05) is 56.3 Å². The molecule has 3 amide bonds. The largest absolute Gasteiger partial charge is 0.379 e. The Balaban J connectivity index is 1.45. The number of hydrogen-bond acceptors (Lipinski definition) is 9. The monoisotopic (exact) mass is 606 g/mol. The molecule has 2 aromatic rings. The number of aromatic nitrogens is 1. The van der Waals surface area contributed by atoms with Crippen LogP contribution in [0.2, 0.25) is 0 Å². The number of ether oxygens (including phenoxy) is 1. The van der Waals surface area contributed by atoms with Gasteiger partial charge in [0, 0.05) is 31.0 Å². The first-order chi connectivity index (χ1) is 21.1.